The van der Waals surface area contributed by atoms with Crippen LogP contribution in [0.15, 0.2) is 65.5 Å². The number of ether oxygens (including phenoxy) is 1. The van der Waals surface area contributed by atoms with E-state index in [9.17, 15) is 14.4 Å². The van der Waals surface area contributed by atoms with E-state index in [1.807, 2.05) is 37.3 Å². The van der Waals surface area contributed by atoms with Crippen molar-refractivity contribution in [1.29, 1.82) is 0 Å². The van der Waals surface area contributed by atoms with Crippen LogP contribution >= 0.6 is 0 Å². The topological polar surface area (TPSA) is 139 Å². The van der Waals surface area contributed by atoms with Gasteiger partial charge in [-0.2, -0.15) is 0 Å². The van der Waals surface area contributed by atoms with Crippen LogP contribution in [-0.4, -0.2) is 51.5 Å². The molecule has 11 nitrogen and oxygen atoms in total. The molecule has 0 saturated heterocycles. The summed E-state index contributed by atoms with van der Waals surface area (Å²) in [6.07, 6.45) is 8.53. The molecule has 1 aliphatic rings. The number of aryl methyl sites for hydroxylation is 2. The molecule has 5 rings (SSSR count). The molecule has 11 heteroatoms. The lowest BCUT2D eigenvalue weighted by Crippen LogP contribution is -2.45. The highest BCUT2D eigenvalue weighted by atomic mass is 16.6. The molecule has 45 heavy (non-hydrogen) atoms. The number of fused-ring (bicyclic) bond motifs is 2. The van der Waals surface area contributed by atoms with Gasteiger partial charge in [0.05, 0.1) is 12.2 Å². The minimum absolute atomic E-state index is 0.196. The van der Waals surface area contributed by atoms with Crippen molar-refractivity contribution in [3.8, 4) is 0 Å². The van der Waals surface area contributed by atoms with Gasteiger partial charge in [-0.05, 0) is 87.6 Å². The van der Waals surface area contributed by atoms with Crippen molar-refractivity contribution in [2.75, 3.05) is 17.7 Å². The zero-order valence-electron chi connectivity index (χ0n) is 26.1. The molecule has 1 unspecified atom stereocenters. The number of rotatable bonds is 8. The van der Waals surface area contributed by atoms with Crippen LogP contribution in [0.25, 0.3) is 17.0 Å². The predicted molar refractivity (Wildman–Crippen MR) is 172 cm³/mol. The quantitative estimate of drug-likeness (QED) is 0.220. The summed E-state index contributed by atoms with van der Waals surface area (Å²) in [4.78, 5) is 48.1. The maximum atomic E-state index is 13.1. The van der Waals surface area contributed by atoms with Crippen LogP contribution in [0.4, 0.5) is 16.3 Å². The smallest absolute Gasteiger partial charge is 0.408 e. The number of benzene rings is 1. The van der Waals surface area contributed by atoms with Gasteiger partial charge in [0, 0.05) is 49.2 Å². The van der Waals surface area contributed by atoms with Gasteiger partial charge in [-0.3, -0.25) is 14.6 Å². The molecule has 3 amide bonds. The Hall–Kier alpha value is -5.19. The molecule has 1 atom stereocenters. The van der Waals surface area contributed by atoms with Crippen molar-refractivity contribution in [2.45, 2.75) is 65.3 Å². The lowest BCUT2D eigenvalue weighted by atomic mass is 10.1. The Balaban J connectivity index is 1.21. The number of furan rings is 1. The standard InChI is InChI=1S/C34H38N6O5/c1-21-28(44-27-10-6-8-24(30(21)27)18-36-25-9-7-15-35-19-25)20-40(5)29(41)14-11-22-16-23-12-13-26(32(42)39-31(23)37-17-22)38-33(43)45-34(2,3)4/h6-11,14-17,19,26,36H,12-13,18,20H2,1-5H3,(H,38,43)(H,37,39,42)/b14-11+. The first-order valence-corrected chi connectivity index (χ1v) is 14.8. The highest BCUT2D eigenvalue weighted by Gasteiger charge is 2.28. The van der Waals surface area contributed by atoms with Crippen molar-refractivity contribution in [3.63, 3.8) is 0 Å². The van der Waals surface area contributed by atoms with Crippen LogP contribution in [0.2, 0.25) is 0 Å². The van der Waals surface area contributed by atoms with Gasteiger partial charge >= 0.3 is 6.09 Å². The highest BCUT2D eigenvalue weighted by Crippen LogP contribution is 2.30. The Kier molecular flexibility index (Phi) is 9.17. The molecule has 0 saturated carbocycles. The zero-order valence-corrected chi connectivity index (χ0v) is 26.1. The number of hydrogen-bond acceptors (Lipinski definition) is 8. The van der Waals surface area contributed by atoms with E-state index in [4.69, 9.17) is 9.15 Å². The number of likely N-dealkylation sites (N-methyl/N-ethyl adjacent to an activating group) is 1. The second-order valence-corrected chi connectivity index (χ2v) is 12.1. The zero-order chi connectivity index (χ0) is 32.1. The largest absolute Gasteiger partial charge is 0.459 e. The molecule has 0 bridgehead atoms. The molecule has 1 aliphatic heterocycles. The molecule has 0 radical (unpaired) electrons. The molecule has 234 valence electrons. The van der Waals surface area contributed by atoms with E-state index in [0.717, 1.165) is 39.1 Å². The van der Waals surface area contributed by atoms with Gasteiger partial charge in [-0.1, -0.05) is 12.1 Å². The maximum absolute atomic E-state index is 13.1. The predicted octanol–water partition coefficient (Wildman–Crippen LogP) is 5.59. The monoisotopic (exact) mass is 610 g/mol. The summed E-state index contributed by atoms with van der Waals surface area (Å²) >= 11 is 0. The first kappa shape index (κ1) is 31.2. The number of nitrogens with one attached hydrogen (secondary N) is 3. The fourth-order valence-electron chi connectivity index (χ4n) is 5.13. The van der Waals surface area contributed by atoms with Crippen molar-refractivity contribution in [3.05, 3.63) is 89.1 Å². The van der Waals surface area contributed by atoms with Crippen molar-refractivity contribution < 1.29 is 23.5 Å². The van der Waals surface area contributed by atoms with Gasteiger partial charge in [0.25, 0.3) is 0 Å². The fourth-order valence-corrected chi connectivity index (χ4v) is 5.13. The number of pyridine rings is 2. The van der Waals surface area contributed by atoms with Crippen molar-refractivity contribution in [1.82, 2.24) is 20.2 Å². The number of carbonyl (C=O) groups excluding carboxylic acids is 3. The summed E-state index contributed by atoms with van der Waals surface area (Å²) in [6.45, 7) is 8.21. The second-order valence-electron chi connectivity index (χ2n) is 12.1. The SMILES string of the molecule is Cc1c(CN(C)C(=O)/C=C/c2cnc3c(c2)CCC(NC(=O)OC(C)(C)C)C(=O)N3)oc2cccc(CNc3cccnc3)c12. The van der Waals surface area contributed by atoms with E-state index in [2.05, 4.69) is 32.0 Å². The van der Waals surface area contributed by atoms with Gasteiger partial charge in [-0.15, -0.1) is 0 Å². The summed E-state index contributed by atoms with van der Waals surface area (Å²) < 4.78 is 11.5. The second kappa shape index (κ2) is 13.2. The average molecular weight is 611 g/mol. The average Bonchev–Trinajstić information content (AvgIpc) is 3.23. The summed E-state index contributed by atoms with van der Waals surface area (Å²) in [5, 5.41) is 9.85. The van der Waals surface area contributed by atoms with Gasteiger partial charge in [0.15, 0.2) is 0 Å². The lowest BCUT2D eigenvalue weighted by Gasteiger charge is -2.22. The molecule has 0 spiro atoms. The lowest BCUT2D eigenvalue weighted by molar-refractivity contribution is -0.125. The molecule has 3 N–H and O–H groups in total. The number of carbonyl (C=O) groups is 3. The van der Waals surface area contributed by atoms with Crippen LogP contribution in [-0.2, 0) is 33.8 Å². The maximum Gasteiger partial charge on any atom is 0.408 e. The minimum atomic E-state index is -0.751. The first-order chi connectivity index (χ1) is 21.5. The van der Waals surface area contributed by atoms with Crippen molar-refractivity contribution in [2.24, 2.45) is 0 Å². The third-order valence-corrected chi connectivity index (χ3v) is 7.40. The number of alkyl carbamates (subject to hydrolysis) is 1. The Labute approximate surface area is 262 Å². The van der Waals surface area contributed by atoms with E-state index in [-0.39, 0.29) is 11.8 Å². The third-order valence-electron chi connectivity index (χ3n) is 7.40. The van der Waals surface area contributed by atoms with Crippen LogP contribution in [0.5, 0.6) is 0 Å². The Bertz CT molecular complexity index is 1740. The van der Waals surface area contributed by atoms with Crippen LogP contribution in [0.3, 0.4) is 0 Å². The summed E-state index contributed by atoms with van der Waals surface area (Å²) in [7, 11) is 1.73. The molecular formula is C34H38N6O5. The number of anilines is 2. The molecule has 0 aliphatic carbocycles. The van der Waals surface area contributed by atoms with Gasteiger partial charge in [0.1, 0.15) is 28.8 Å². The van der Waals surface area contributed by atoms with Crippen LogP contribution < -0.4 is 16.0 Å². The van der Waals surface area contributed by atoms with Crippen LogP contribution in [0, 0.1) is 6.92 Å². The minimum Gasteiger partial charge on any atom is -0.459 e. The molecular weight excluding hydrogens is 572 g/mol. The van der Waals surface area contributed by atoms with Crippen LogP contribution in [0.1, 0.15) is 55.2 Å². The highest BCUT2D eigenvalue weighted by molar-refractivity contribution is 5.97. The molecule has 4 heterocycles. The Morgan fingerprint density at radius 1 is 1.20 bits per heavy atom. The molecule has 1 aromatic carbocycles. The molecule has 0 fully saturated rings. The first-order valence-electron chi connectivity index (χ1n) is 14.8. The number of hydrogen-bond donors (Lipinski definition) is 3. The Morgan fingerprint density at radius 3 is 2.78 bits per heavy atom. The summed E-state index contributed by atoms with van der Waals surface area (Å²) in [6, 6.07) is 10.9. The van der Waals surface area contributed by atoms with E-state index in [1.165, 1.54) is 6.08 Å². The van der Waals surface area contributed by atoms with Gasteiger partial charge in [0.2, 0.25) is 11.8 Å². The van der Waals surface area contributed by atoms with E-state index in [1.54, 1.807) is 57.4 Å². The normalized spacial score (nSPS) is 14.9. The Morgan fingerprint density at radius 2 is 2.02 bits per heavy atom. The number of amides is 3. The summed E-state index contributed by atoms with van der Waals surface area (Å²) in [5.74, 6) is 0.604. The molecule has 4 aromatic rings. The van der Waals surface area contributed by atoms with E-state index < -0.39 is 17.7 Å². The number of aromatic nitrogens is 2. The number of nitrogens with zero attached hydrogens (tertiary/aromatic N) is 3. The van der Waals surface area contributed by atoms with Gasteiger partial charge < -0.3 is 30.0 Å². The van der Waals surface area contributed by atoms with E-state index in [0.29, 0.717) is 37.3 Å². The van der Waals surface area contributed by atoms with E-state index >= 15 is 0 Å². The summed E-state index contributed by atoms with van der Waals surface area (Å²) in [5.41, 5.74) is 4.65. The fraction of sp³-hybridized carbons (Fsp3) is 0.324. The molecule has 3 aromatic heterocycles. The van der Waals surface area contributed by atoms with Gasteiger partial charge in [-0.25, -0.2) is 9.78 Å². The van der Waals surface area contributed by atoms with Crippen molar-refractivity contribution >= 4 is 46.5 Å². The third kappa shape index (κ3) is 7.86.